The first-order valence-electron chi connectivity index (χ1n) is 11.5. The van der Waals surface area contributed by atoms with Crippen LogP contribution in [0.4, 0.5) is 4.79 Å². The van der Waals surface area contributed by atoms with E-state index in [0.717, 1.165) is 5.56 Å². The zero-order chi connectivity index (χ0) is 27.0. The molecule has 0 fully saturated rings. The molecule has 0 aliphatic carbocycles. The van der Waals surface area contributed by atoms with Gasteiger partial charge >= 0.3 is 24.0 Å². The Morgan fingerprint density at radius 1 is 0.714 bits per heavy atom. The molecule has 0 bridgehead atoms. The van der Waals surface area contributed by atoms with Gasteiger partial charge in [0.2, 0.25) is 0 Å². The van der Waals surface area contributed by atoms with Crippen LogP contribution in [0, 0.1) is 5.92 Å². The zero-order valence-corrected chi connectivity index (χ0v) is 22.2. The van der Waals surface area contributed by atoms with Crippen LogP contribution in [-0.4, -0.2) is 46.8 Å². The molecule has 9 nitrogen and oxygen atoms in total. The molecular weight excluding hydrogens is 454 g/mol. The summed E-state index contributed by atoms with van der Waals surface area (Å²) in [6, 6.07) is 7.57. The number of carbonyl (C=O) groups is 4. The number of esters is 3. The van der Waals surface area contributed by atoms with Crippen LogP contribution in [-0.2, 0) is 39.9 Å². The van der Waals surface area contributed by atoms with E-state index < -0.39 is 59.2 Å². The minimum absolute atomic E-state index is 0.0738. The highest BCUT2D eigenvalue weighted by atomic mass is 16.6. The van der Waals surface area contributed by atoms with Gasteiger partial charge in [-0.1, -0.05) is 30.3 Å². The number of hydrogen-bond acceptors (Lipinski definition) is 8. The van der Waals surface area contributed by atoms with Gasteiger partial charge in [-0.15, -0.1) is 0 Å². The van der Waals surface area contributed by atoms with Crippen molar-refractivity contribution in [3.8, 4) is 0 Å². The number of alkyl carbamates (subject to hydrolysis) is 1. The smallest absolute Gasteiger partial charge is 0.408 e. The molecule has 1 rings (SSSR count). The molecule has 1 amide bonds. The topological polar surface area (TPSA) is 117 Å². The summed E-state index contributed by atoms with van der Waals surface area (Å²) in [5, 5.41) is 2.42. The van der Waals surface area contributed by atoms with Gasteiger partial charge in [0.05, 0.1) is 0 Å². The maximum Gasteiger partial charge on any atom is 0.408 e. The second kappa shape index (κ2) is 12.0. The molecule has 1 aromatic rings. The highest BCUT2D eigenvalue weighted by molar-refractivity contribution is 5.96. The van der Waals surface area contributed by atoms with Crippen LogP contribution in [0.1, 0.15) is 74.3 Å². The van der Waals surface area contributed by atoms with E-state index in [1.165, 1.54) is 0 Å². The Kier molecular flexibility index (Phi) is 10.3. The fraction of sp³-hybridized carbons (Fsp3) is 0.615. The van der Waals surface area contributed by atoms with E-state index in [9.17, 15) is 19.2 Å². The quantitative estimate of drug-likeness (QED) is 0.323. The summed E-state index contributed by atoms with van der Waals surface area (Å²) in [6.45, 7) is 14.9. The average molecular weight is 494 g/mol. The molecule has 0 saturated heterocycles. The number of carbonyl (C=O) groups excluding carboxylic acids is 4. The van der Waals surface area contributed by atoms with Crippen molar-refractivity contribution in [1.29, 1.82) is 0 Å². The van der Waals surface area contributed by atoms with Crippen LogP contribution < -0.4 is 5.32 Å². The van der Waals surface area contributed by atoms with Gasteiger partial charge in [-0.25, -0.2) is 9.59 Å². The second-order valence-corrected chi connectivity index (χ2v) is 11.1. The van der Waals surface area contributed by atoms with Gasteiger partial charge < -0.3 is 24.3 Å². The van der Waals surface area contributed by atoms with Crippen molar-refractivity contribution < 1.29 is 38.1 Å². The van der Waals surface area contributed by atoms with Gasteiger partial charge in [-0.05, 0) is 67.9 Å². The van der Waals surface area contributed by atoms with Crippen molar-refractivity contribution in [3.63, 3.8) is 0 Å². The Balaban J connectivity index is 3.18. The minimum atomic E-state index is -1.50. The lowest BCUT2D eigenvalue weighted by atomic mass is 9.99. The van der Waals surface area contributed by atoms with Crippen molar-refractivity contribution in [2.45, 2.75) is 98.2 Å². The third-order valence-electron chi connectivity index (χ3n) is 4.05. The average Bonchev–Trinajstić information content (AvgIpc) is 2.65. The van der Waals surface area contributed by atoms with Gasteiger partial charge in [0.1, 0.15) is 29.5 Å². The van der Waals surface area contributed by atoms with E-state index in [1.807, 2.05) is 6.07 Å². The summed E-state index contributed by atoms with van der Waals surface area (Å²) in [5.41, 5.74) is -1.88. The fourth-order valence-corrected chi connectivity index (χ4v) is 2.76. The molecule has 0 aliphatic rings. The van der Waals surface area contributed by atoms with Gasteiger partial charge in [0.25, 0.3) is 0 Å². The molecule has 0 aliphatic heterocycles. The predicted molar refractivity (Wildman–Crippen MR) is 129 cm³/mol. The Morgan fingerprint density at radius 3 is 1.69 bits per heavy atom. The summed E-state index contributed by atoms with van der Waals surface area (Å²) >= 11 is 0. The Hall–Kier alpha value is -3.10. The van der Waals surface area contributed by atoms with Crippen LogP contribution in [0.2, 0.25) is 0 Å². The Labute approximate surface area is 207 Å². The monoisotopic (exact) mass is 493 g/mol. The Bertz CT molecular complexity index is 875. The number of benzene rings is 1. The van der Waals surface area contributed by atoms with E-state index in [4.69, 9.17) is 18.9 Å². The zero-order valence-electron chi connectivity index (χ0n) is 22.2. The van der Waals surface area contributed by atoms with Gasteiger partial charge in [0.15, 0.2) is 5.92 Å². The first kappa shape index (κ1) is 29.9. The lowest BCUT2D eigenvalue weighted by Crippen LogP contribution is -2.49. The molecule has 2 atom stereocenters. The molecule has 0 saturated carbocycles. The summed E-state index contributed by atoms with van der Waals surface area (Å²) in [6.07, 6.45) is -1.33. The minimum Gasteiger partial charge on any atom is -0.460 e. The van der Waals surface area contributed by atoms with Gasteiger partial charge in [-0.2, -0.15) is 0 Å². The molecular formula is C26H39NO8. The molecule has 9 heteroatoms. The number of rotatable bonds is 8. The molecule has 0 aromatic heterocycles. The van der Waals surface area contributed by atoms with E-state index in [0.29, 0.717) is 0 Å². The molecule has 2 unspecified atom stereocenters. The van der Waals surface area contributed by atoms with Crippen molar-refractivity contribution in [2.75, 3.05) is 0 Å². The number of nitrogens with one attached hydrogen (secondary N) is 1. The van der Waals surface area contributed by atoms with Crippen molar-refractivity contribution in [3.05, 3.63) is 35.9 Å². The van der Waals surface area contributed by atoms with Crippen LogP contribution in [0.3, 0.4) is 0 Å². The van der Waals surface area contributed by atoms with Crippen molar-refractivity contribution >= 4 is 24.0 Å². The van der Waals surface area contributed by atoms with E-state index >= 15 is 0 Å². The van der Waals surface area contributed by atoms with Crippen molar-refractivity contribution in [1.82, 2.24) is 5.32 Å². The maximum absolute atomic E-state index is 13.0. The second-order valence-electron chi connectivity index (χ2n) is 11.1. The maximum atomic E-state index is 13.0. The predicted octanol–water partition coefficient (Wildman–Crippen LogP) is 4.31. The normalized spacial score (nSPS) is 13.7. The number of amides is 1. The van der Waals surface area contributed by atoms with E-state index in [1.54, 1.807) is 86.6 Å². The summed E-state index contributed by atoms with van der Waals surface area (Å²) < 4.78 is 21.4. The highest BCUT2D eigenvalue weighted by Crippen LogP contribution is 2.20. The molecule has 0 heterocycles. The highest BCUT2D eigenvalue weighted by Gasteiger charge is 2.39. The summed E-state index contributed by atoms with van der Waals surface area (Å²) in [4.78, 5) is 51.3. The largest absolute Gasteiger partial charge is 0.460 e. The third-order valence-corrected chi connectivity index (χ3v) is 4.05. The number of ether oxygens (including phenoxy) is 4. The molecule has 0 radical (unpaired) electrons. The van der Waals surface area contributed by atoms with Crippen molar-refractivity contribution in [2.24, 2.45) is 5.92 Å². The SMILES string of the molecule is CC(C)(C)OC(=O)NC(CC(C(=O)OCc1ccccc1)C(=O)OC(C)(C)C)C(=O)OC(C)(C)C. The fourth-order valence-electron chi connectivity index (χ4n) is 2.76. The summed E-state index contributed by atoms with van der Waals surface area (Å²) in [5.74, 6) is -4.09. The first-order chi connectivity index (χ1) is 15.9. The lowest BCUT2D eigenvalue weighted by molar-refractivity contribution is -0.171. The standard InChI is InChI=1S/C26H39NO8/c1-24(2,3)33-21(29)18(20(28)32-16-17-13-11-10-12-14-17)15-19(22(30)34-25(4,5)6)27-23(31)35-26(7,8)9/h10-14,18-19H,15-16H2,1-9H3,(H,27,31). The van der Waals surface area contributed by atoms with Gasteiger partial charge in [-0.3, -0.25) is 9.59 Å². The van der Waals surface area contributed by atoms with Gasteiger partial charge in [0, 0.05) is 6.42 Å². The third kappa shape index (κ3) is 12.8. The molecule has 35 heavy (non-hydrogen) atoms. The van der Waals surface area contributed by atoms with Crippen LogP contribution in [0.25, 0.3) is 0 Å². The molecule has 0 spiro atoms. The number of hydrogen-bond donors (Lipinski definition) is 1. The van der Waals surface area contributed by atoms with Crippen LogP contribution >= 0.6 is 0 Å². The van der Waals surface area contributed by atoms with E-state index in [2.05, 4.69) is 5.32 Å². The summed E-state index contributed by atoms with van der Waals surface area (Å²) in [7, 11) is 0. The molecule has 196 valence electrons. The van der Waals surface area contributed by atoms with E-state index in [-0.39, 0.29) is 6.61 Å². The first-order valence-corrected chi connectivity index (χ1v) is 11.5. The molecule has 1 aromatic carbocycles. The van der Waals surface area contributed by atoms with Crippen LogP contribution in [0.5, 0.6) is 0 Å². The Morgan fingerprint density at radius 2 is 1.20 bits per heavy atom. The lowest BCUT2D eigenvalue weighted by Gasteiger charge is -2.28. The molecule has 1 N–H and O–H groups in total. The van der Waals surface area contributed by atoms with Crippen LogP contribution in [0.15, 0.2) is 30.3 Å².